The molecule has 5 rings (SSSR count). The summed E-state index contributed by atoms with van der Waals surface area (Å²) in [6.45, 7) is 4.32. The van der Waals surface area contributed by atoms with Gasteiger partial charge in [-0.1, -0.05) is 55.5 Å². The molecule has 0 bridgehead atoms. The van der Waals surface area contributed by atoms with Gasteiger partial charge in [0.25, 0.3) is 5.56 Å². The van der Waals surface area contributed by atoms with Gasteiger partial charge in [0, 0.05) is 12.4 Å². The monoisotopic (exact) mass is 527 g/mol. The number of hydrogen-bond acceptors (Lipinski definition) is 5. The van der Waals surface area contributed by atoms with Crippen LogP contribution in [-0.2, 0) is 10.0 Å². The van der Waals surface area contributed by atoms with Crippen molar-refractivity contribution in [1.82, 2.24) is 13.9 Å². The second-order valence-corrected chi connectivity index (χ2v) is 10.9. The first-order chi connectivity index (χ1) is 18.4. The van der Waals surface area contributed by atoms with Crippen LogP contribution in [0.1, 0.15) is 32.1 Å². The molecule has 38 heavy (non-hydrogen) atoms. The molecule has 0 aliphatic carbocycles. The molecule has 0 N–H and O–H groups in total. The first-order valence-electron chi connectivity index (χ1n) is 12.6. The van der Waals surface area contributed by atoms with Crippen LogP contribution in [0.25, 0.3) is 27.4 Å². The molecule has 5 aromatic rings. The van der Waals surface area contributed by atoms with E-state index in [9.17, 15) is 13.2 Å². The average Bonchev–Trinajstić information content (AvgIpc) is 2.94. The largest absolute Gasteiger partial charge is 0.494 e. The Morgan fingerprint density at radius 2 is 1.53 bits per heavy atom. The summed E-state index contributed by atoms with van der Waals surface area (Å²) in [4.78, 5) is 18.9. The highest BCUT2D eigenvalue weighted by molar-refractivity contribution is 7.89. The molecular weight excluding hydrogens is 498 g/mol. The van der Waals surface area contributed by atoms with Gasteiger partial charge in [0.05, 0.1) is 34.1 Å². The summed E-state index contributed by atoms with van der Waals surface area (Å²) in [7, 11) is -2.40. The normalized spacial score (nSPS) is 12.7. The van der Waals surface area contributed by atoms with Crippen LogP contribution in [0.4, 0.5) is 0 Å². The molecule has 1 atom stereocenters. The molecule has 0 radical (unpaired) electrons. The van der Waals surface area contributed by atoms with Crippen LogP contribution in [0, 0.1) is 0 Å². The highest BCUT2D eigenvalue weighted by atomic mass is 32.2. The number of sulfonamides is 1. The lowest BCUT2D eigenvalue weighted by Crippen LogP contribution is -2.36. The van der Waals surface area contributed by atoms with Crippen molar-refractivity contribution >= 4 is 31.7 Å². The Balaban J connectivity index is 1.70. The number of nitrogens with zero attached hydrogens (tertiary/aromatic N) is 3. The van der Waals surface area contributed by atoms with E-state index >= 15 is 0 Å². The molecule has 1 heterocycles. The lowest BCUT2D eigenvalue weighted by atomic mass is 10.1. The molecule has 8 heteroatoms. The maximum absolute atomic E-state index is 14.0. The molecule has 1 aromatic heterocycles. The van der Waals surface area contributed by atoms with Gasteiger partial charge in [0.1, 0.15) is 11.6 Å². The summed E-state index contributed by atoms with van der Waals surface area (Å²) in [5, 5.41) is 1.94. The van der Waals surface area contributed by atoms with E-state index in [0.29, 0.717) is 46.6 Å². The Bertz CT molecular complexity index is 1770. The van der Waals surface area contributed by atoms with Crippen LogP contribution < -0.4 is 10.3 Å². The number of ether oxygens (including phenoxy) is 1. The third-order valence-corrected chi connectivity index (χ3v) is 8.66. The van der Waals surface area contributed by atoms with Crippen molar-refractivity contribution < 1.29 is 13.2 Å². The van der Waals surface area contributed by atoms with Crippen LogP contribution in [0.5, 0.6) is 5.75 Å². The average molecular weight is 528 g/mol. The maximum atomic E-state index is 14.0. The molecule has 0 saturated carbocycles. The fourth-order valence-corrected chi connectivity index (χ4v) is 6.43. The fraction of sp³-hybridized carbons (Fsp3) is 0.200. The van der Waals surface area contributed by atoms with Gasteiger partial charge in [-0.05, 0) is 61.2 Å². The summed E-state index contributed by atoms with van der Waals surface area (Å²) in [6.07, 6.45) is 0.405. The molecule has 0 amide bonds. The molecule has 0 aliphatic rings. The Kier molecular flexibility index (Phi) is 7.01. The Morgan fingerprint density at radius 3 is 2.24 bits per heavy atom. The van der Waals surface area contributed by atoms with E-state index in [1.54, 1.807) is 67.7 Å². The minimum absolute atomic E-state index is 0.215. The summed E-state index contributed by atoms with van der Waals surface area (Å²) in [6, 6.07) is 26.2. The van der Waals surface area contributed by atoms with Crippen molar-refractivity contribution in [2.75, 3.05) is 13.7 Å². The third-order valence-electron chi connectivity index (χ3n) is 6.74. The Morgan fingerprint density at radius 1 is 0.868 bits per heavy atom. The van der Waals surface area contributed by atoms with E-state index in [2.05, 4.69) is 0 Å². The van der Waals surface area contributed by atoms with Crippen LogP contribution in [-0.4, -0.2) is 35.9 Å². The van der Waals surface area contributed by atoms with Crippen molar-refractivity contribution in [3.05, 3.63) is 107 Å². The Hall–Kier alpha value is -4.01. The molecule has 0 saturated heterocycles. The van der Waals surface area contributed by atoms with Crippen LogP contribution in [0.2, 0.25) is 0 Å². The second kappa shape index (κ2) is 10.4. The van der Waals surface area contributed by atoms with Gasteiger partial charge in [0.2, 0.25) is 10.0 Å². The molecule has 0 aliphatic heterocycles. The number of benzene rings is 4. The zero-order chi connectivity index (χ0) is 26.9. The van der Waals surface area contributed by atoms with Crippen LogP contribution in [0.3, 0.4) is 0 Å². The number of aromatic nitrogens is 2. The van der Waals surface area contributed by atoms with E-state index in [4.69, 9.17) is 9.72 Å². The van der Waals surface area contributed by atoms with E-state index in [1.165, 1.54) is 8.87 Å². The standard InChI is InChI=1S/C30H29N3O4S/c1-4-27(32(3)38(35,36)28-16-10-12-21-11-6-7-13-24(21)28)29-31-26-15-9-8-14-25(26)30(34)33(29)22-17-19-23(20-18-22)37-5-2/h6-20,27H,4-5H2,1-3H3. The highest BCUT2D eigenvalue weighted by Gasteiger charge is 2.33. The number of para-hydroxylation sites is 1. The highest BCUT2D eigenvalue weighted by Crippen LogP contribution is 2.32. The van der Waals surface area contributed by atoms with Gasteiger partial charge in [-0.15, -0.1) is 0 Å². The van der Waals surface area contributed by atoms with Gasteiger partial charge in [0.15, 0.2) is 0 Å². The van der Waals surface area contributed by atoms with E-state index < -0.39 is 16.1 Å². The lowest BCUT2D eigenvalue weighted by Gasteiger charge is -2.29. The molecule has 0 fully saturated rings. The van der Waals surface area contributed by atoms with Gasteiger partial charge >= 0.3 is 0 Å². The van der Waals surface area contributed by atoms with Gasteiger partial charge in [-0.25, -0.2) is 13.4 Å². The second-order valence-electron chi connectivity index (χ2n) is 8.98. The molecule has 4 aromatic carbocycles. The first kappa shape index (κ1) is 25.6. The molecule has 0 spiro atoms. The number of hydrogen-bond donors (Lipinski definition) is 0. The van der Waals surface area contributed by atoms with E-state index in [-0.39, 0.29) is 10.5 Å². The van der Waals surface area contributed by atoms with Crippen molar-refractivity contribution in [1.29, 1.82) is 0 Å². The predicted molar refractivity (Wildman–Crippen MR) is 150 cm³/mol. The molecule has 194 valence electrons. The fourth-order valence-electron chi connectivity index (χ4n) is 4.83. The van der Waals surface area contributed by atoms with Gasteiger partial charge in [-0.3, -0.25) is 9.36 Å². The SMILES string of the molecule is CCOc1ccc(-n2c(C(CC)N(C)S(=O)(=O)c3cccc4ccccc34)nc3ccccc3c2=O)cc1. The molecular formula is C30H29N3O4S. The maximum Gasteiger partial charge on any atom is 0.266 e. The first-order valence-corrected chi connectivity index (χ1v) is 14.0. The van der Waals surface area contributed by atoms with E-state index in [0.717, 1.165) is 5.39 Å². The summed E-state index contributed by atoms with van der Waals surface area (Å²) in [5.41, 5.74) is 0.842. The molecule has 7 nitrogen and oxygen atoms in total. The van der Waals surface area contributed by atoms with Crippen molar-refractivity contribution in [2.45, 2.75) is 31.2 Å². The quantitative estimate of drug-likeness (QED) is 0.258. The number of rotatable bonds is 8. The minimum Gasteiger partial charge on any atom is -0.494 e. The Labute approximate surface area is 222 Å². The lowest BCUT2D eigenvalue weighted by molar-refractivity contribution is 0.340. The zero-order valence-corrected chi connectivity index (χ0v) is 22.4. The van der Waals surface area contributed by atoms with Crippen LogP contribution in [0.15, 0.2) is 101 Å². The predicted octanol–water partition coefficient (Wildman–Crippen LogP) is 5.71. The topological polar surface area (TPSA) is 81.5 Å². The summed E-state index contributed by atoms with van der Waals surface area (Å²) in [5.74, 6) is 1.04. The third kappa shape index (κ3) is 4.46. The van der Waals surface area contributed by atoms with Gasteiger partial charge in [-0.2, -0.15) is 4.31 Å². The summed E-state index contributed by atoms with van der Waals surface area (Å²) < 4.78 is 36.5. The van der Waals surface area contributed by atoms with Gasteiger partial charge < -0.3 is 4.74 Å². The van der Waals surface area contributed by atoms with Crippen molar-refractivity contribution in [2.24, 2.45) is 0 Å². The smallest absolute Gasteiger partial charge is 0.266 e. The minimum atomic E-state index is -3.95. The summed E-state index contributed by atoms with van der Waals surface area (Å²) >= 11 is 0. The van der Waals surface area contributed by atoms with Crippen molar-refractivity contribution in [3.8, 4) is 11.4 Å². The van der Waals surface area contributed by atoms with E-state index in [1.807, 2.05) is 44.2 Å². The van der Waals surface area contributed by atoms with Crippen molar-refractivity contribution in [3.63, 3.8) is 0 Å². The number of fused-ring (bicyclic) bond motifs is 2. The van der Waals surface area contributed by atoms with Crippen LogP contribution >= 0.6 is 0 Å². The zero-order valence-electron chi connectivity index (χ0n) is 21.5. The molecule has 1 unspecified atom stereocenters.